The zero-order valence-corrected chi connectivity index (χ0v) is 21.2. The van der Waals surface area contributed by atoms with Crippen molar-refractivity contribution in [1.82, 2.24) is 14.9 Å². The van der Waals surface area contributed by atoms with E-state index in [1.807, 2.05) is 12.1 Å². The van der Waals surface area contributed by atoms with E-state index in [1.165, 1.54) is 0 Å². The van der Waals surface area contributed by atoms with Crippen molar-refractivity contribution in [2.75, 3.05) is 26.0 Å². The standard InChI is InChI=1S/C26H30Cl2N4O2/c1-15(34)19-12-29-24-9-8-23(17-10-21(27)20(14-33)22(28)11-17)31-26(24)25(19)30-18-6-4-16(5-7-18)13-32(2)3/h8-12,16,18,33H,4-7,13-14H2,1-3H3,(H,29,30). The van der Waals surface area contributed by atoms with Crippen LogP contribution in [-0.2, 0) is 6.61 Å². The number of aliphatic hydroxyl groups is 1. The van der Waals surface area contributed by atoms with E-state index in [1.54, 1.807) is 25.3 Å². The largest absolute Gasteiger partial charge is 0.392 e. The Morgan fingerprint density at radius 1 is 1.15 bits per heavy atom. The number of hydrogen-bond acceptors (Lipinski definition) is 6. The van der Waals surface area contributed by atoms with E-state index in [-0.39, 0.29) is 18.4 Å². The SMILES string of the molecule is CC(=O)c1cnc2ccc(-c3cc(Cl)c(CO)c(Cl)c3)nc2c1NC1CCC(CN(C)C)CC1. The normalized spacial score (nSPS) is 18.4. The zero-order chi connectivity index (χ0) is 24.4. The number of nitrogens with zero attached hydrogens (tertiary/aromatic N) is 3. The molecule has 34 heavy (non-hydrogen) atoms. The van der Waals surface area contributed by atoms with Crippen molar-refractivity contribution < 1.29 is 9.90 Å². The number of ketones is 1. The number of pyridine rings is 2. The third-order valence-electron chi connectivity index (χ3n) is 6.51. The van der Waals surface area contributed by atoms with Crippen molar-refractivity contribution in [1.29, 1.82) is 0 Å². The lowest BCUT2D eigenvalue weighted by atomic mass is 9.85. The number of aromatic nitrogens is 2. The predicted molar refractivity (Wildman–Crippen MR) is 139 cm³/mol. The van der Waals surface area contributed by atoms with Gasteiger partial charge in [0.2, 0.25) is 0 Å². The molecular weight excluding hydrogens is 471 g/mol. The van der Waals surface area contributed by atoms with Crippen LogP contribution in [-0.4, -0.2) is 52.4 Å². The molecule has 1 saturated carbocycles. The summed E-state index contributed by atoms with van der Waals surface area (Å²) < 4.78 is 0. The van der Waals surface area contributed by atoms with Crippen LogP contribution in [0.4, 0.5) is 5.69 Å². The summed E-state index contributed by atoms with van der Waals surface area (Å²) in [7, 11) is 4.24. The average Bonchev–Trinajstić information content (AvgIpc) is 2.79. The molecule has 2 N–H and O–H groups in total. The predicted octanol–water partition coefficient (Wildman–Crippen LogP) is 5.83. The number of carbonyl (C=O) groups excluding carboxylic acids is 1. The Kier molecular flexibility index (Phi) is 7.73. The van der Waals surface area contributed by atoms with Gasteiger partial charge in [-0.25, -0.2) is 4.98 Å². The van der Waals surface area contributed by atoms with E-state index in [2.05, 4.69) is 29.3 Å². The van der Waals surface area contributed by atoms with Gasteiger partial charge in [0.25, 0.3) is 0 Å². The van der Waals surface area contributed by atoms with Crippen molar-refractivity contribution in [2.24, 2.45) is 5.92 Å². The number of aliphatic hydroxyl groups excluding tert-OH is 1. The summed E-state index contributed by atoms with van der Waals surface area (Å²) in [6.07, 6.45) is 6.04. The Hall–Kier alpha value is -2.25. The van der Waals surface area contributed by atoms with Crippen LogP contribution in [0, 0.1) is 5.92 Å². The first-order valence-electron chi connectivity index (χ1n) is 11.6. The fraction of sp³-hybridized carbons (Fsp3) is 0.423. The van der Waals surface area contributed by atoms with E-state index in [0.29, 0.717) is 43.8 Å². The smallest absolute Gasteiger partial charge is 0.163 e. The van der Waals surface area contributed by atoms with Crippen molar-refractivity contribution >= 4 is 45.7 Å². The number of hydrogen-bond donors (Lipinski definition) is 2. The lowest BCUT2D eigenvalue weighted by Crippen LogP contribution is -2.31. The molecule has 1 aliphatic carbocycles. The fourth-order valence-corrected chi connectivity index (χ4v) is 5.36. The Bertz CT molecular complexity index is 1180. The molecule has 8 heteroatoms. The molecule has 0 unspecified atom stereocenters. The minimum Gasteiger partial charge on any atom is -0.392 e. The van der Waals surface area contributed by atoms with Gasteiger partial charge in [0.15, 0.2) is 5.78 Å². The highest BCUT2D eigenvalue weighted by Gasteiger charge is 2.24. The second kappa shape index (κ2) is 10.6. The van der Waals surface area contributed by atoms with Crippen LogP contribution < -0.4 is 5.32 Å². The molecule has 0 aliphatic heterocycles. The minimum atomic E-state index is -0.236. The van der Waals surface area contributed by atoms with Gasteiger partial charge in [-0.05, 0) is 76.9 Å². The second-order valence-corrected chi connectivity index (χ2v) is 10.2. The third-order valence-corrected chi connectivity index (χ3v) is 7.18. The molecule has 1 fully saturated rings. The van der Waals surface area contributed by atoms with Crippen LogP contribution in [0.3, 0.4) is 0 Å². The number of Topliss-reactive ketones (excluding diaryl/α,β-unsaturated/α-hetero) is 1. The Balaban J connectivity index is 1.71. The maximum Gasteiger partial charge on any atom is 0.163 e. The number of benzene rings is 1. The molecule has 0 spiro atoms. The topological polar surface area (TPSA) is 78.3 Å². The first-order chi connectivity index (χ1) is 16.3. The van der Waals surface area contributed by atoms with Crippen LogP contribution in [0.1, 0.15) is 48.5 Å². The number of nitrogens with one attached hydrogen (secondary N) is 1. The highest BCUT2D eigenvalue weighted by Crippen LogP contribution is 2.35. The third kappa shape index (κ3) is 5.36. The van der Waals surface area contributed by atoms with Gasteiger partial charge in [0.1, 0.15) is 5.52 Å². The molecule has 6 nitrogen and oxygen atoms in total. The summed E-state index contributed by atoms with van der Waals surface area (Å²) in [6.45, 7) is 2.42. The molecular formula is C26H30Cl2N4O2. The number of rotatable bonds is 7. The maximum atomic E-state index is 12.5. The molecule has 2 heterocycles. The molecule has 0 amide bonds. The van der Waals surface area contributed by atoms with E-state index in [0.717, 1.165) is 43.5 Å². The van der Waals surface area contributed by atoms with Crippen molar-refractivity contribution in [3.63, 3.8) is 0 Å². The van der Waals surface area contributed by atoms with Gasteiger partial charge in [-0.15, -0.1) is 0 Å². The van der Waals surface area contributed by atoms with E-state index in [4.69, 9.17) is 28.2 Å². The molecule has 0 saturated heterocycles. The first-order valence-corrected chi connectivity index (χ1v) is 12.3. The van der Waals surface area contributed by atoms with Gasteiger partial charge in [-0.3, -0.25) is 9.78 Å². The van der Waals surface area contributed by atoms with Gasteiger partial charge < -0.3 is 15.3 Å². The summed E-state index contributed by atoms with van der Waals surface area (Å²) in [5.74, 6) is 0.652. The quantitative estimate of drug-likeness (QED) is 0.397. The van der Waals surface area contributed by atoms with Crippen LogP contribution in [0.2, 0.25) is 10.0 Å². The summed E-state index contributed by atoms with van der Waals surface area (Å²) >= 11 is 12.7. The van der Waals surface area contributed by atoms with Gasteiger partial charge in [-0.2, -0.15) is 0 Å². The number of fused-ring (bicyclic) bond motifs is 1. The molecule has 1 aliphatic rings. The Morgan fingerprint density at radius 2 is 1.82 bits per heavy atom. The van der Waals surface area contributed by atoms with Crippen molar-refractivity contribution in [3.05, 3.63) is 51.6 Å². The lowest BCUT2D eigenvalue weighted by Gasteiger charge is -2.31. The van der Waals surface area contributed by atoms with Gasteiger partial charge in [0, 0.05) is 40.0 Å². The molecule has 4 rings (SSSR count). The van der Waals surface area contributed by atoms with Crippen LogP contribution in [0.25, 0.3) is 22.3 Å². The van der Waals surface area contributed by atoms with Crippen molar-refractivity contribution in [3.8, 4) is 11.3 Å². The van der Waals surface area contributed by atoms with Crippen LogP contribution in [0.5, 0.6) is 0 Å². The number of anilines is 1. The molecule has 1 aromatic carbocycles. The highest BCUT2D eigenvalue weighted by molar-refractivity contribution is 6.36. The Labute approximate surface area is 210 Å². The number of carbonyl (C=O) groups is 1. The summed E-state index contributed by atoms with van der Waals surface area (Å²) in [4.78, 5) is 24.1. The molecule has 180 valence electrons. The number of halogens is 2. The van der Waals surface area contributed by atoms with Gasteiger partial charge >= 0.3 is 0 Å². The summed E-state index contributed by atoms with van der Waals surface area (Å²) in [6, 6.07) is 7.52. The zero-order valence-electron chi connectivity index (χ0n) is 19.7. The molecule has 3 aromatic rings. The summed E-state index contributed by atoms with van der Waals surface area (Å²) in [5, 5.41) is 13.9. The molecule has 0 radical (unpaired) electrons. The van der Waals surface area contributed by atoms with E-state index in [9.17, 15) is 9.90 Å². The van der Waals surface area contributed by atoms with Crippen LogP contribution in [0.15, 0.2) is 30.5 Å². The van der Waals surface area contributed by atoms with E-state index >= 15 is 0 Å². The van der Waals surface area contributed by atoms with E-state index < -0.39 is 0 Å². The monoisotopic (exact) mass is 500 g/mol. The second-order valence-electron chi connectivity index (χ2n) is 9.37. The van der Waals surface area contributed by atoms with Crippen molar-refractivity contribution in [2.45, 2.75) is 45.3 Å². The highest BCUT2D eigenvalue weighted by atomic mass is 35.5. The average molecular weight is 501 g/mol. The lowest BCUT2D eigenvalue weighted by molar-refractivity contribution is 0.101. The summed E-state index contributed by atoms with van der Waals surface area (Å²) in [5.41, 5.74) is 4.53. The fourth-order valence-electron chi connectivity index (χ4n) is 4.75. The van der Waals surface area contributed by atoms with Crippen LogP contribution >= 0.6 is 23.2 Å². The molecule has 2 aromatic heterocycles. The molecule has 0 atom stereocenters. The molecule has 0 bridgehead atoms. The van der Waals surface area contributed by atoms with Gasteiger partial charge in [-0.1, -0.05) is 23.2 Å². The van der Waals surface area contributed by atoms with Gasteiger partial charge in [0.05, 0.1) is 29.1 Å². The maximum absolute atomic E-state index is 12.5. The Morgan fingerprint density at radius 3 is 2.41 bits per heavy atom. The minimum absolute atomic E-state index is 0.0521. The first kappa shape index (κ1) is 24.9.